The summed E-state index contributed by atoms with van der Waals surface area (Å²) in [6, 6.07) is 5.06. The van der Waals surface area contributed by atoms with Gasteiger partial charge >= 0.3 is 5.97 Å². The molecule has 2 heterocycles. The number of rotatable bonds is 2. The largest absolute Gasteiger partial charge is 0.465 e. The monoisotopic (exact) mass is 290 g/mol. The molecule has 20 heavy (non-hydrogen) atoms. The van der Waals surface area contributed by atoms with Crippen LogP contribution in [0.2, 0.25) is 0 Å². The van der Waals surface area contributed by atoms with Crippen molar-refractivity contribution in [1.82, 2.24) is 15.4 Å². The molecule has 1 aliphatic heterocycles. The van der Waals surface area contributed by atoms with Crippen LogP contribution in [0.25, 0.3) is 11.0 Å². The number of aromatic nitrogens is 2. The number of hydrogen-bond acceptors (Lipinski definition) is 6. The van der Waals surface area contributed by atoms with E-state index < -0.39 is 5.97 Å². The van der Waals surface area contributed by atoms with Gasteiger partial charge in [-0.3, -0.25) is 4.79 Å². The first-order valence-electron chi connectivity index (χ1n) is 5.75. The van der Waals surface area contributed by atoms with Gasteiger partial charge in [-0.1, -0.05) is 11.8 Å². The number of hydrazone groups is 1. The van der Waals surface area contributed by atoms with Crippen LogP contribution in [0, 0.1) is 0 Å². The first-order chi connectivity index (χ1) is 9.67. The van der Waals surface area contributed by atoms with Gasteiger partial charge in [0.05, 0.1) is 29.5 Å². The van der Waals surface area contributed by atoms with E-state index in [1.54, 1.807) is 18.2 Å². The lowest BCUT2D eigenvalue weighted by Gasteiger charge is -2.08. The number of thioether (sulfide) groups is 1. The van der Waals surface area contributed by atoms with E-state index >= 15 is 0 Å². The standard InChI is InChI=1S/C12H10N4O3S/c1-19-11(17)6-2-3-7-8(4-6)14-10(13-7)9-5-20-12(18)16-15-9/h2-4H,5H2,1H3,(H,13,14)(H,16,18). The molecule has 7 nitrogen and oxygen atoms in total. The quantitative estimate of drug-likeness (QED) is 0.817. The van der Waals surface area contributed by atoms with Gasteiger partial charge in [-0.05, 0) is 18.2 Å². The van der Waals surface area contributed by atoms with Crippen LogP contribution in [0.3, 0.4) is 0 Å². The third-order valence-corrected chi connectivity index (χ3v) is 3.57. The Bertz CT molecular complexity index is 737. The van der Waals surface area contributed by atoms with Gasteiger partial charge in [0.1, 0.15) is 5.71 Å². The molecule has 0 aliphatic carbocycles. The molecule has 1 aromatic carbocycles. The third kappa shape index (κ3) is 2.25. The van der Waals surface area contributed by atoms with Gasteiger partial charge in [-0.25, -0.2) is 15.2 Å². The number of esters is 1. The van der Waals surface area contributed by atoms with Crippen LogP contribution >= 0.6 is 11.8 Å². The number of carbonyl (C=O) groups excluding carboxylic acids is 2. The summed E-state index contributed by atoms with van der Waals surface area (Å²) in [5.41, 5.74) is 4.93. The Morgan fingerprint density at radius 2 is 2.30 bits per heavy atom. The van der Waals surface area contributed by atoms with Crippen molar-refractivity contribution in [2.45, 2.75) is 0 Å². The molecule has 1 aromatic heterocycles. The molecule has 1 aliphatic rings. The van der Waals surface area contributed by atoms with Gasteiger partial charge < -0.3 is 9.72 Å². The molecular formula is C12H10N4O3S. The molecular weight excluding hydrogens is 280 g/mol. The zero-order chi connectivity index (χ0) is 14.1. The first kappa shape index (κ1) is 12.7. The van der Waals surface area contributed by atoms with Gasteiger partial charge in [0, 0.05) is 0 Å². The minimum absolute atomic E-state index is 0.183. The third-order valence-electron chi connectivity index (χ3n) is 2.80. The molecule has 102 valence electrons. The van der Waals surface area contributed by atoms with E-state index in [2.05, 4.69) is 25.2 Å². The van der Waals surface area contributed by atoms with E-state index in [1.807, 2.05) is 0 Å². The lowest BCUT2D eigenvalue weighted by molar-refractivity contribution is 0.0601. The summed E-state index contributed by atoms with van der Waals surface area (Å²) >= 11 is 1.13. The van der Waals surface area contributed by atoms with Gasteiger partial charge in [0.25, 0.3) is 5.24 Å². The van der Waals surface area contributed by atoms with Gasteiger partial charge in [0.15, 0.2) is 5.82 Å². The molecule has 0 radical (unpaired) electrons. The van der Waals surface area contributed by atoms with Crippen molar-refractivity contribution in [3.05, 3.63) is 29.6 Å². The summed E-state index contributed by atoms with van der Waals surface area (Å²) < 4.78 is 4.67. The number of benzene rings is 1. The van der Waals surface area contributed by atoms with E-state index in [1.165, 1.54) is 7.11 Å². The maximum absolute atomic E-state index is 11.5. The number of nitrogens with one attached hydrogen (secondary N) is 2. The number of amides is 1. The lowest BCUT2D eigenvalue weighted by atomic mass is 10.2. The molecule has 3 rings (SSSR count). The summed E-state index contributed by atoms with van der Waals surface area (Å²) in [4.78, 5) is 30.0. The van der Waals surface area contributed by atoms with Crippen molar-refractivity contribution in [1.29, 1.82) is 0 Å². The fourth-order valence-electron chi connectivity index (χ4n) is 1.82. The number of ether oxygens (including phenoxy) is 1. The van der Waals surface area contributed by atoms with Crippen LogP contribution < -0.4 is 5.43 Å². The van der Waals surface area contributed by atoms with E-state index in [4.69, 9.17) is 0 Å². The molecule has 0 bridgehead atoms. The number of H-pyrrole nitrogens is 1. The van der Waals surface area contributed by atoms with Crippen LogP contribution in [-0.2, 0) is 4.74 Å². The highest BCUT2D eigenvalue weighted by Crippen LogP contribution is 2.17. The predicted octanol–water partition coefficient (Wildman–Crippen LogP) is 1.51. The summed E-state index contributed by atoms with van der Waals surface area (Å²) in [6.07, 6.45) is 0. The molecule has 0 spiro atoms. The second kappa shape index (κ2) is 4.97. The molecule has 2 N–H and O–H groups in total. The maximum atomic E-state index is 11.5. The SMILES string of the molecule is COC(=O)c1ccc2nc(C3=NNC(=O)SC3)[nH]c2c1. The molecule has 0 saturated carbocycles. The van der Waals surface area contributed by atoms with Gasteiger partial charge in [-0.2, -0.15) is 5.10 Å². The summed E-state index contributed by atoms with van der Waals surface area (Å²) in [6.45, 7) is 0. The average molecular weight is 290 g/mol. The molecule has 0 fully saturated rings. The van der Waals surface area contributed by atoms with E-state index in [9.17, 15) is 9.59 Å². The molecule has 0 atom stereocenters. The van der Waals surface area contributed by atoms with Gasteiger partial charge in [0.2, 0.25) is 0 Å². The highest BCUT2D eigenvalue weighted by Gasteiger charge is 2.17. The van der Waals surface area contributed by atoms with Crippen LogP contribution in [-0.4, -0.2) is 39.8 Å². The van der Waals surface area contributed by atoms with Crippen molar-refractivity contribution in [2.75, 3.05) is 12.9 Å². The Kier molecular flexibility index (Phi) is 3.15. The average Bonchev–Trinajstić information content (AvgIpc) is 2.90. The van der Waals surface area contributed by atoms with Crippen molar-refractivity contribution in [3.8, 4) is 0 Å². The Morgan fingerprint density at radius 1 is 1.45 bits per heavy atom. The number of imidazole rings is 1. The number of fused-ring (bicyclic) bond motifs is 1. The number of methoxy groups -OCH3 is 1. The highest BCUT2D eigenvalue weighted by molar-refractivity contribution is 8.14. The minimum atomic E-state index is -0.402. The van der Waals surface area contributed by atoms with Crippen LogP contribution in [0.4, 0.5) is 4.79 Å². The van der Waals surface area contributed by atoms with Gasteiger partial charge in [-0.15, -0.1) is 0 Å². The Balaban J connectivity index is 1.98. The number of aromatic amines is 1. The molecule has 0 saturated heterocycles. The number of carbonyl (C=O) groups is 2. The number of hydrogen-bond donors (Lipinski definition) is 2. The fourth-order valence-corrected chi connectivity index (χ4v) is 2.40. The molecule has 2 aromatic rings. The van der Waals surface area contributed by atoms with Crippen LogP contribution in [0.15, 0.2) is 23.3 Å². The van der Waals surface area contributed by atoms with E-state index in [-0.39, 0.29) is 5.24 Å². The first-order valence-corrected chi connectivity index (χ1v) is 6.74. The summed E-state index contributed by atoms with van der Waals surface area (Å²) in [5, 5.41) is 3.78. The number of nitrogens with zero attached hydrogens (tertiary/aromatic N) is 2. The van der Waals surface area contributed by atoms with Crippen LogP contribution in [0.5, 0.6) is 0 Å². The fraction of sp³-hybridized carbons (Fsp3) is 0.167. The highest BCUT2D eigenvalue weighted by atomic mass is 32.2. The zero-order valence-electron chi connectivity index (χ0n) is 10.5. The molecule has 8 heteroatoms. The van der Waals surface area contributed by atoms with Crippen molar-refractivity contribution in [2.24, 2.45) is 5.10 Å². The molecule has 0 unspecified atom stereocenters. The Morgan fingerprint density at radius 3 is 3.00 bits per heavy atom. The Labute approximate surface area is 117 Å². The normalized spacial score (nSPS) is 14.8. The minimum Gasteiger partial charge on any atom is -0.465 e. The van der Waals surface area contributed by atoms with Crippen molar-refractivity contribution in [3.63, 3.8) is 0 Å². The van der Waals surface area contributed by atoms with E-state index in [0.29, 0.717) is 28.4 Å². The summed E-state index contributed by atoms with van der Waals surface area (Å²) in [7, 11) is 1.33. The predicted molar refractivity (Wildman–Crippen MR) is 75.0 cm³/mol. The zero-order valence-corrected chi connectivity index (χ0v) is 11.3. The summed E-state index contributed by atoms with van der Waals surface area (Å²) in [5.74, 6) is 0.630. The second-order valence-electron chi connectivity index (χ2n) is 4.06. The van der Waals surface area contributed by atoms with Crippen LogP contribution in [0.1, 0.15) is 16.2 Å². The topological polar surface area (TPSA) is 96.4 Å². The lowest BCUT2D eigenvalue weighted by Crippen LogP contribution is -2.24. The maximum Gasteiger partial charge on any atom is 0.337 e. The van der Waals surface area contributed by atoms with Crippen molar-refractivity contribution >= 4 is 39.7 Å². The molecule has 1 amide bonds. The van der Waals surface area contributed by atoms with E-state index in [0.717, 1.165) is 17.3 Å². The second-order valence-corrected chi connectivity index (χ2v) is 5.00. The Hall–Kier alpha value is -2.35. The smallest absolute Gasteiger partial charge is 0.337 e. The van der Waals surface area contributed by atoms with Crippen molar-refractivity contribution < 1.29 is 14.3 Å².